The van der Waals surface area contributed by atoms with Crippen LogP contribution in [0.1, 0.15) is 46.4 Å². The smallest absolute Gasteiger partial charge is 0.326 e. The maximum Gasteiger partial charge on any atom is 0.326 e. The second-order valence-electron chi connectivity index (χ2n) is 9.29. The molecule has 6 rings (SSSR count). The Morgan fingerprint density at radius 1 is 1.22 bits per heavy atom. The summed E-state index contributed by atoms with van der Waals surface area (Å²) in [7, 11) is 0. The Bertz CT molecular complexity index is 1550. The van der Waals surface area contributed by atoms with Crippen molar-refractivity contribution in [3.63, 3.8) is 0 Å². The summed E-state index contributed by atoms with van der Waals surface area (Å²) in [4.78, 5) is 23.7. The van der Waals surface area contributed by atoms with Crippen molar-refractivity contribution in [2.75, 3.05) is 10.2 Å². The Morgan fingerprint density at radius 2 is 2.05 bits per heavy atom. The van der Waals surface area contributed by atoms with Crippen LogP contribution < -0.4 is 15.0 Å². The molecular weight excluding hydrogens is 497 g/mol. The molecule has 10 heteroatoms. The number of halogens is 2. The number of hydrogen-bond acceptors (Lipinski definition) is 6. The molecule has 0 spiro atoms. The molecule has 37 heavy (non-hydrogen) atoms. The first-order valence-corrected chi connectivity index (χ1v) is 12.3. The van der Waals surface area contributed by atoms with Crippen molar-refractivity contribution in [1.82, 2.24) is 15.1 Å². The zero-order valence-corrected chi connectivity index (χ0v) is 21.2. The molecule has 1 unspecified atom stereocenters. The van der Waals surface area contributed by atoms with E-state index in [0.717, 1.165) is 22.3 Å². The second kappa shape index (κ2) is 8.85. The molecule has 4 aromatic rings. The molecular formula is C27H23ClFN5O3. The lowest BCUT2D eigenvalue weighted by Crippen LogP contribution is -2.39. The van der Waals surface area contributed by atoms with E-state index < -0.39 is 11.9 Å². The number of amides is 2. The summed E-state index contributed by atoms with van der Waals surface area (Å²) in [6, 6.07) is 6.47. The average molecular weight is 520 g/mol. The SMILES string of the molecule is Cc1cc2c(cc1N1Cc3c(Cl)cnc(-c4c(C)noc4C)c3NC1=O)OC(c1ncccc1F)CC2. The molecule has 0 bridgehead atoms. The zero-order chi connectivity index (χ0) is 25.8. The molecule has 0 saturated heterocycles. The number of anilines is 2. The van der Waals surface area contributed by atoms with Crippen LogP contribution in [0, 0.1) is 26.6 Å². The van der Waals surface area contributed by atoms with Gasteiger partial charge in [0.2, 0.25) is 0 Å². The predicted molar refractivity (Wildman–Crippen MR) is 136 cm³/mol. The number of rotatable bonds is 3. The quantitative estimate of drug-likeness (QED) is 0.333. The molecule has 1 N–H and O–H groups in total. The number of aryl methyl sites for hydroxylation is 4. The Kier molecular flexibility index (Phi) is 5.60. The first-order valence-electron chi connectivity index (χ1n) is 11.9. The number of fused-ring (bicyclic) bond motifs is 2. The van der Waals surface area contributed by atoms with Gasteiger partial charge in [-0.15, -0.1) is 0 Å². The fraction of sp³-hybridized carbons (Fsp3) is 0.259. The van der Waals surface area contributed by atoms with Crippen molar-refractivity contribution in [1.29, 1.82) is 0 Å². The van der Waals surface area contributed by atoms with Gasteiger partial charge in [0.15, 0.2) is 0 Å². The van der Waals surface area contributed by atoms with Gasteiger partial charge in [-0.2, -0.15) is 0 Å². The van der Waals surface area contributed by atoms with Crippen LogP contribution in [-0.4, -0.2) is 21.2 Å². The van der Waals surface area contributed by atoms with Crippen LogP contribution in [-0.2, 0) is 13.0 Å². The van der Waals surface area contributed by atoms with Gasteiger partial charge in [-0.25, -0.2) is 9.18 Å². The van der Waals surface area contributed by atoms with E-state index in [1.54, 1.807) is 30.3 Å². The van der Waals surface area contributed by atoms with Crippen molar-refractivity contribution in [2.24, 2.45) is 0 Å². The largest absolute Gasteiger partial charge is 0.484 e. The first-order chi connectivity index (χ1) is 17.8. The Labute approximate surface area is 217 Å². The molecule has 1 aromatic carbocycles. The van der Waals surface area contributed by atoms with Gasteiger partial charge in [0.1, 0.15) is 29.1 Å². The maximum absolute atomic E-state index is 14.4. The summed E-state index contributed by atoms with van der Waals surface area (Å²) in [6.45, 7) is 5.81. The number of benzene rings is 1. The summed E-state index contributed by atoms with van der Waals surface area (Å²) in [5.41, 5.74) is 6.13. The number of aromatic nitrogens is 3. The third kappa shape index (κ3) is 3.90. The van der Waals surface area contributed by atoms with E-state index >= 15 is 0 Å². The van der Waals surface area contributed by atoms with Crippen LogP contribution >= 0.6 is 11.6 Å². The summed E-state index contributed by atoms with van der Waals surface area (Å²) in [6.07, 6.45) is 3.96. The van der Waals surface area contributed by atoms with E-state index in [2.05, 4.69) is 20.4 Å². The normalized spacial score (nSPS) is 16.6. The number of carbonyl (C=O) groups is 1. The van der Waals surface area contributed by atoms with E-state index in [1.807, 2.05) is 26.0 Å². The summed E-state index contributed by atoms with van der Waals surface area (Å²) in [5, 5.41) is 7.44. The molecule has 188 valence electrons. The molecule has 1 atom stereocenters. The van der Waals surface area contributed by atoms with Gasteiger partial charge in [-0.1, -0.05) is 22.8 Å². The molecule has 3 aromatic heterocycles. The number of nitrogens with zero attached hydrogens (tertiary/aromatic N) is 4. The van der Waals surface area contributed by atoms with Crippen LogP contribution in [0.4, 0.5) is 20.6 Å². The maximum atomic E-state index is 14.4. The van der Waals surface area contributed by atoms with Crippen molar-refractivity contribution in [3.8, 4) is 17.0 Å². The van der Waals surface area contributed by atoms with Gasteiger partial charge in [0.05, 0.1) is 39.9 Å². The lowest BCUT2D eigenvalue weighted by Gasteiger charge is -2.33. The van der Waals surface area contributed by atoms with Gasteiger partial charge in [0, 0.05) is 24.0 Å². The highest BCUT2D eigenvalue weighted by molar-refractivity contribution is 6.32. The average Bonchev–Trinajstić information content (AvgIpc) is 3.21. The molecule has 0 saturated carbocycles. The van der Waals surface area contributed by atoms with Gasteiger partial charge < -0.3 is 14.6 Å². The highest BCUT2D eigenvalue weighted by Crippen LogP contribution is 2.43. The highest BCUT2D eigenvalue weighted by atomic mass is 35.5. The fourth-order valence-corrected chi connectivity index (χ4v) is 5.29. The Balaban J connectivity index is 1.37. The highest BCUT2D eigenvalue weighted by Gasteiger charge is 2.33. The van der Waals surface area contributed by atoms with Crippen molar-refractivity contribution in [2.45, 2.75) is 46.3 Å². The number of pyridine rings is 2. The molecule has 2 aliphatic heterocycles. The predicted octanol–water partition coefficient (Wildman–Crippen LogP) is 6.47. The van der Waals surface area contributed by atoms with Crippen molar-refractivity contribution >= 4 is 29.0 Å². The third-order valence-corrected chi connectivity index (χ3v) is 7.23. The van der Waals surface area contributed by atoms with Gasteiger partial charge in [0.25, 0.3) is 0 Å². The standard InChI is InChI=1S/C27H23ClFN5O3/c1-13-9-16-6-7-21(25-19(29)5-4-8-30-25)36-22(16)10-20(13)34-12-17-18(28)11-31-26(24(17)32-27(34)35)23-14(2)33-37-15(23)3/h4-5,8-11,21H,6-7,12H2,1-3H3,(H,32,35). The van der Waals surface area contributed by atoms with Crippen LogP contribution in [0.25, 0.3) is 11.3 Å². The topological polar surface area (TPSA) is 93.4 Å². The van der Waals surface area contributed by atoms with E-state index in [-0.39, 0.29) is 18.3 Å². The third-order valence-electron chi connectivity index (χ3n) is 6.90. The monoisotopic (exact) mass is 519 g/mol. The fourth-order valence-electron chi connectivity index (χ4n) is 5.08. The van der Waals surface area contributed by atoms with Crippen LogP contribution in [0.15, 0.2) is 41.2 Å². The number of carbonyl (C=O) groups excluding carboxylic acids is 1. The second-order valence-corrected chi connectivity index (χ2v) is 9.69. The Morgan fingerprint density at radius 3 is 2.81 bits per heavy atom. The van der Waals surface area contributed by atoms with Crippen molar-refractivity contribution < 1.29 is 18.4 Å². The van der Waals surface area contributed by atoms with E-state index in [0.29, 0.717) is 52.1 Å². The number of ether oxygens (including phenoxy) is 1. The Hall–Kier alpha value is -3.98. The molecule has 5 heterocycles. The zero-order valence-electron chi connectivity index (χ0n) is 20.4. The van der Waals surface area contributed by atoms with Crippen LogP contribution in [0.2, 0.25) is 5.02 Å². The van der Waals surface area contributed by atoms with Gasteiger partial charge in [-0.3, -0.25) is 14.9 Å². The van der Waals surface area contributed by atoms with Crippen molar-refractivity contribution in [3.05, 3.63) is 81.3 Å². The summed E-state index contributed by atoms with van der Waals surface area (Å²) < 4.78 is 25.9. The van der Waals surface area contributed by atoms with Crippen LogP contribution in [0.3, 0.4) is 0 Å². The van der Waals surface area contributed by atoms with Crippen LogP contribution in [0.5, 0.6) is 5.75 Å². The minimum atomic E-state index is -0.502. The van der Waals surface area contributed by atoms with Gasteiger partial charge >= 0.3 is 6.03 Å². The number of urea groups is 1. The number of hydrogen-bond donors (Lipinski definition) is 1. The minimum absolute atomic E-state index is 0.233. The number of nitrogens with one attached hydrogen (secondary N) is 1. The molecule has 2 amide bonds. The van der Waals surface area contributed by atoms with E-state index in [9.17, 15) is 9.18 Å². The molecule has 2 aliphatic rings. The summed E-state index contributed by atoms with van der Waals surface area (Å²) in [5.74, 6) is 0.818. The van der Waals surface area contributed by atoms with E-state index in [1.165, 1.54) is 6.07 Å². The lowest BCUT2D eigenvalue weighted by molar-refractivity contribution is 0.167. The van der Waals surface area contributed by atoms with E-state index in [4.69, 9.17) is 20.9 Å². The van der Waals surface area contributed by atoms with Gasteiger partial charge in [-0.05, 0) is 56.9 Å². The minimum Gasteiger partial charge on any atom is -0.484 e. The summed E-state index contributed by atoms with van der Waals surface area (Å²) >= 11 is 6.57. The first kappa shape index (κ1) is 23.4. The molecule has 0 fully saturated rings. The molecule has 8 nitrogen and oxygen atoms in total. The molecule has 0 radical (unpaired) electrons. The lowest BCUT2D eigenvalue weighted by atomic mass is 9.96. The molecule has 0 aliphatic carbocycles.